The average Bonchev–Trinajstić information content (AvgIpc) is 2.16. The predicted molar refractivity (Wildman–Crippen MR) is 54.8 cm³/mol. The van der Waals surface area contributed by atoms with E-state index in [1.807, 2.05) is 0 Å². The van der Waals surface area contributed by atoms with E-state index in [1.165, 1.54) is 6.07 Å². The Kier molecular flexibility index (Phi) is 4.16. The van der Waals surface area contributed by atoms with E-state index in [4.69, 9.17) is 17.3 Å². The summed E-state index contributed by atoms with van der Waals surface area (Å²) in [6, 6.07) is 2.13. The average molecular weight is 249 g/mol. The molecule has 16 heavy (non-hydrogen) atoms. The fourth-order valence-electron chi connectivity index (χ4n) is 0.951. The highest BCUT2D eigenvalue weighted by molar-refractivity contribution is 6.29. The Morgan fingerprint density at radius 2 is 2.06 bits per heavy atom. The standard InChI is InChI=1S/C10H8ClF3N2/c11-9-6-7(3-1-2-4-15)5-8(16-9)10(12,13)14/h5-6H,2,4,15H2. The third kappa shape index (κ3) is 3.72. The van der Waals surface area contributed by atoms with Crippen molar-refractivity contribution in [2.75, 3.05) is 6.54 Å². The van der Waals surface area contributed by atoms with Crippen LogP contribution < -0.4 is 5.73 Å². The Hall–Kier alpha value is -1.25. The predicted octanol–water partition coefficient (Wildman–Crippen LogP) is 2.45. The van der Waals surface area contributed by atoms with E-state index in [9.17, 15) is 13.2 Å². The third-order valence-corrected chi connectivity index (χ3v) is 1.78. The lowest BCUT2D eigenvalue weighted by Gasteiger charge is -2.05. The summed E-state index contributed by atoms with van der Waals surface area (Å²) in [5, 5.41) is -0.230. The van der Waals surface area contributed by atoms with Crippen molar-refractivity contribution in [1.82, 2.24) is 4.98 Å². The first-order valence-corrected chi connectivity index (χ1v) is 4.75. The van der Waals surface area contributed by atoms with Gasteiger partial charge in [0.25, 0.3) is 0 Å². The third-order valence-electron chi connectivity index (χ3n) is 1.59. The number of nitrogens with zero attached hydrogens (tertiary/aromatic N) is 1. The molecule has 0 aliphatic heterocycles. The molecule has 0 unspecified atom stereocenters. The fraction of sp³-hybridized carbons (Fsp3) is 0.300. The van der Waals surface area contributed by atoms with Crippen LogP contribution in [0.1, 0.15) is 17.7 Å². The Bertz CT molecular complexity index is 432. The van der Waals surface area contributed by atoms with Crippen molar-refractivity contribution in [3.05, 3.63) is 28.5 Å². The van der Waals surface area contributed by atoms with Crippen LogP contribution in [0.2, 0.25) is 5.15 Å². The Morgan fingerprint density at radius 3 is 2.62 bits per heavy atom. The Labute approximate surface area is 95.6 Å². The van der Waals surface area contributed by atoms with E-state index >= 15 is 0 Å². The maximum absolute atomic E-state index is 12.3. The highest BCUT2D eigenvalue weighted by Crippen LogP contribution is 2.29. The molecule has 2 nitrogen and oxygen atoms in total. The van der Waals surface area contributed by atoms with Gasteiger partial charge < -0.3 is 5.73 Å². The van der Waals surface area contributed by atoms with Gasteiger partial charge in [0.1, 0.15) is 10.8 Å². The first kappa shape index (κ1) is 12.8. The number of hydrogen-bond acceptors (Lipinski definition) is 2. The quantitative estimate of drug-likeness (QED) is 0.612. The minimum atomic E-state index is -4.52. The van der Waals surface area contributed by atoms with Crippen LogP contribution in [-0.4, -0.2) is 11.5 Å². The van der Waals surface area contributed by atoms with Gasteiger partial charge in [-0.2, -0.15) is 13.2 Å². The molecule has 0 fully saturated rings. The van der Waals surface area contributed by atoms with Gasteiger partial charge in [0.2, 0.25) is 0 Å². The minimum absolute atomic E-state index is 0.181. The number of alkyl halides is 3. The zero-order valence-electron chi connectivity index (χ0n) is 8.11. The van der Waals surface area contributed by atoms with Gasteiger partial charge in [-0.05, 0) is 12.1 Å². The summed E-state index contributed by atoms with van der Waals surface area (Å²) < 4.78 is 37.0. The monoisotopic (exact) mass is 248 g/mol. The second-order valence-corrected chi connectivity index (χ2v) is 3.29. The van der Waals surface area contributed by atoms with Crippen LogP contribution in [0.5, 0.6) is 0 Å². The van der Waals surface area contributed by atoms with Crippen LogP contribution in [0.3, 0.4) is 0 Å². The molecule has 1 aromatic rings. The van der Waals surface area contributed by atoms with E-state index in [0.717, 1.165) is 6.07 Å². The molecule has 0 aromatic carbocycles. The van der Waals surface area contributed by atoms with Crippen LogP contribution in [0.15, 0.2) is 12.1 Å². The molecule has 0 bridgehead atoms. The molecule has 1 heterocycles. The second kappa shape index (κ2) is 5.19. The van der Waals surface area contributed by atoms with E-state index in [0.29, 0.717) is 13.0 Å². The maximum atomic E-state index is 12.3. The van der Waals surface area contributed by atoms with Gasteiger partial charge >= 0.3 is 6.18 Å². The number of pyridine rings is 1. The largest absolute Gasteiger partial charge is 0.433 e. The smallest absolute Gasteiger partial charge is 0.330 e. The number of rotatable bonds is 1. The van der Waals surface area contributed by atoms with Crippen molar-refractivity contribution in [2.45, 2.75) is 12.6 Å². The van der Waals surface area contributed by atoms with E-state index in [1.54, 1.807) is 0 Å². The Balaban J connectivity index is 3.05. The molecule has 1 aromatic heterocycles. The highest BCUT2D eigenvalue weighted by atomic mass is 35.5. The van der Waals surface area contributed by atoms with Crippen LogP contribution >= 0.6 is 11.6 Å². The molecule has 0 atom stereocenters. The molecule has 6 heteroatoms. The van der Waals surface area contributed by atoms with Crippen molar-refractivity contribution in [3.63, 3.8) is 0 Å². The summed E-state index contributed by atoms with van der Waals surface area (Å²) >= 11 is 5.47. The van der Waals surface area contributed by atoms with Crippen LogP contribution in [0.25, 0.3) is 0 Å². The van der Waals surface area contributed by atoms with Crippen molar-refractivity contribution < 1.29 is 13.2 Å². The number of hydrogen-bond donors (Lipinski definition) is 1. The van der Waals surface area contributed by atoms with Crippen LogP contribution in [0, 0.1) is 11.8 Å². The molecule has 2 N–H and O–H groups in total. The first-order valence-electron chi connectivity index (χ1n) is 4.37. The van der Waals surface area contributed by atoms with Crippen molar-refractivity contribution >= 4 is 11.6 Å². The zero-order chi connectivity index (χ0) is 12.2. The lowest BCUT2D eigenvalue weighted by atomic mass is 10.2. The number of aromatic nitrogens is 1. The maximum Gasteiger partial charge on any atom is 0.433 e. The van der Waals surface area contributed by atoms with Crippen molar-refractivity contribution in [3.8, 4) is 11.8 Å². The van der Waals surface area contributed by atoms with Crippen molar-refractivity contribution in [2.24, 2.45) is 5.73 Å². The summed E-state index contributed by atoms with van der Waals surface area (Å²) in [6.45, 7) is 0.359. The van der Waals surface area contributed by atoms with Crippen molar-refractivity contribution in [1.29, 1.82) is 0 Å². The van der Waals surface area contributed by atoms with Crippen LogP contribution in [0.4, 0.5) is 13.2 Å². The lowest BCUT2D eigenvalue weighted by Crippen LogP contribution is -2.08. The number of nitrogens with two attached hydrogens (primary N) is 1. The minimum Gasteiger partial charge on any atom is -0.330 e. The summed E-state index contributed by atoms with van der Waals surface area (Å²) in [7, 11) is 0. The normalized spacial score (nSPS) is 10.8. The molecular weight excluding hydrogens is 241 g/mol. The molecule has 0 amide bonds. The topological polar surface area (TPSA) is 38.9 Å². The molecular formula is C10H8ClF3N2. The summed E-state index contributed by atoms with van der Waals surface area (Å²) in [4.78, 5) is 3.18. The summed E-state index contributed by atoms with van der Waals surface area (Å²) in [5.74, 6) is 5.17. The van der Waals surface area contributed by atoms with Crippen LogP contribution in [-0.2, 0) is 6.18 Å². The molecule has 86 valence electrons. The van der Waals surface area contributed by atoms with Gasteiger partial charge in [0.05, 0.1) is 0 Å². The van der Waals surface area contributed by atoms with Gasteiger partial charge in [-0.3, -0.25) is 0 Å². The van der Waals surface area contributed by atoms with E-state index in [-0.39, 0.29) is 10.7 Å². The molecule has 0 saturated carbocycles. The fourth-order valence-corrected chi connectivity index (χ4v) is 1.16. The summed E-state index contributed by atoms with van der Waals surface area (Å²) in [6.07, 6.45) is -4.10. The van der Waals surface area contributed by atoms with Gasteiger partial charge in [-0.25, -0.2) is 4.98 Å². The van der Waals surface area contributed by atoms with Gasteiger partial charge in [-0.1, -0.05) is 23.4 Å². The van der Waals surface area contributed by atoms with E-state index < -0.39 is 11.9 Å². The second-order valence-electron chi connectivity index (χ2n) is 2.90. The molecule has 0 aliphatic carbocycles. The molecule has 1 rings (SSSR count). The first-order chi connectivity index (χ1) is 7.43. The molecule has 0 aliphatic rings. The van der Waals surface area contributed by atoms with Gasteiger partial charge in [0, 0.05) is 18.5 Å². The summed E-state index contributed by atoms with van der Waals surface area (Å²) in [5.41, 5.74) is 4.34. The number of halogens is 4. The SMILES string of the molecule is NCCC#Cc1cc(Cl)nc(C(F)(F)F)c1. The zero-order valence-corrected chi connectivity index (χ0v) is 8.86. The Morgan fingerprint density at radius 1 is 1.38 bits per heavy atom. The van der Waals surface area contributed by atoms with Gasteiger partial charge in [0.15, 0.2) is 0 Å². The highest BCUT2D eigenvalue weighted by Gasteiger charge is 2.33. The molecule has 0 radical (unpaired) electrons. The molecule has 0 spiro atoms. The van der Waals surface area contributed by atoms with E-state index in [2.05, 4.69) is 16.8 Å². The lowest BCUT2D eigenvalue weighted by molar-refractivity contribution is -0.141. The molecule has 0 saturated heterocycles. The van der Waals surface area contributed by atoms with Gasteiger partial charge in [-0.15, -0.1) is 0 Å².